The maximum atomic E-state index is 12.3. The number of thioether (sulfide) groups is 1. The maximum Gasteiger partial charge on any atom is 0.234 e. The van der Waals surface area contributed by atoms with E-state index in [9.17, 15) is 4.79 Å². The van der Waals surface area contributed by atoms with Crippen LogP contribution in [0.3, 0.4) is 0 Å². The normalized spacial score (nSPS) is 12.8. The van der Waals surface area contributed by atoms with Gasteiger partial charge in [-0.1, -0.05) is 36.0 Å². The minimum absolute atomic E-state index is 0.0365. The van der Waals surface area contributed by atoms with E-state index in [1.54, 1.807) is 6.33 Å². The van der Waals surface area contributed by atoms with Crippen LogP contribution in [0.4, 0.5) is 5.69 Å². The third-order valence-corrected chi connectivity index (χ3v) is 5.21. The first kappa shape index (κ1) is 15.9. The smallest absolute Gasteiger partial charge is 0.234 e. The van der Waals surface area contributed by atoms with Crippen LogP contribution < -0.4 is 5.32 Å². The van der Waals surface area contributed by atoms with Gasteiger partial charge in [-0.2, -0.15) is 0 Å². The van der Waals surface area contributed by atoms with E-state index in [0.29, 0.717) is 10.9 Å². The molecule has 1 aliphatic carbocycles. The first-order chi connectivity index (χ1) is 12.3. The zero-order valence-electron chi connectivity index (χ0n) is 13.7. The van der Waals surface area contributed by atoms with Crippen molar-refractivity contribution in [2.75, 3.05) is 11.1 Å². The molecule has 0 saturated carbocycles. The number of carbonyl (C=O) groups excluding carboxylic acids is 1. The molecular weight excluding hydrogens is 332 g/mol. The van der Waals surface area contributed by atoms with E-state index in [2.05, 4.69) is 27.6 Å². The van der Waals surface area contributed by atoms with Crippen LogP contribution in [0.25, 0.3) is 5.69 Å². The van der Waals surface area contributed by atoms with Crippen LogP contribution in [-0.4, -0.2) is 26.4 Å². The number of hydrogen-bond donors (Lipinski definition) is 1. The van der Waals surface area contributed by atoms with Crippen LogP contribution in [0, 0.1) is 0 Å². The highest BCUT2D eigenvalue weighted by atomic mass is 32.2. The number of anilines is 1. The van der Waals surface area contributed by atoms with Crippen LogP contribution in [0.5, 0.6) is 0 Å². The van der Waals surface area contributed by atoms with Gasteiger partial charge >= 0.3 is 0 Å². The minimum atomic E-state index is -0.0365. The van der Waals surface area contributed by atoms with E-state index in [4.69, 9.17) is 0 Å². The van der Waals surface area contributed by atoms with Gasteiger partial charge in [0, 0.05) is 11.4 Å². The second-order valence-electron chi connectivity index (χ2n) is 5.99. The Labute approximate surface area is 150 Å². The van der Waals surface area contributed by atoms with Crippen LogP contribution in [0.2, 0.25) is 0 Å². The Morgan fingerprint density at radius 2 is 1.96 bits per heavy atom. The molecule has 0 aliphatic heterocycles. The molecule has 1 aromatic heterocycles. The predicted molar refractivity (Wildman–Crippen MR) is 99.2 cm³/mol. The first-order valence-corrected chi connectivity index (χ1v) is 9.28. The monoisotopic (exact) mass is 350 g/mol. The average molecular weight is 350 g/mol. The number of amides is 1. The van der Waals surface area contributed by atoms with Crippen molar-refractivity contribution in [3.05, 3.63) is 66.0 Å². The van der Waals surface area contributed by atoms with Gasteiger partial charge in [-0.3, -0.25) is 9.36 Å². The van der Waals surface area contributed by atoms with Crippen LogP contribution in [-0.2, 0) is 17.6 Å². The van der Waals surface area contributed by atoms with Crippen molar-refractivity contribution < 1.29 is 4.79 Å². The molecule has 0 radical (unpaired) electrons. The van der Waals surface area contributed by atoms with Gasteiger partial charge in [0.05, 0.1) is 5.75 Å². The summed E-state index contributed by atoms with van der Waals surface area (Å²) in [5.41, 5.74) is 4.61. The Morgan fingerprint density at radius 1 is 1.12 bits per heavy atom. The van der Waals surface area contributed by atoms with Crippen molar-refractivity contribution in [3.63, 3.8) is 0 Å². The minimum Gasteiger partial charge on any atom is -0.325 e. The molecule has 1 amide bonds. The molecule has 0 fully saturated rings. The SMILES string of the molecule is O=C(CSc1nncn1-c1ccccc1)Nc1ccc2c(c1)CCC2. The second kappa shape index (κ2) is 7.11. The van der Waals surface area contributed by atoms with E-state index in [1.165, 1.54) is 29.3 Å². The lowest BCUT2D eigenvalue weighted by Crippen LogP contribution is -2.14. The third kappa shape index (κ3) is 3.58. The fourth-order valence-corrected chi connectivity index (χ4v) is 3.79. The molecule has 6 heteroatoms. The van der Waals surface area contributed by atoms with Gasteiger partial charge in [0.15, 0.2) is 5.16 Å². The van der Waals surface area contributed by atoms with Gasteiger partial charge in [0.2, 0.25) is 5.91 Å². The average Bonchev–Trinajstić information content (AvgIpc) is 3.29. The van der Waals surface area contributed by atoms with Crippen LogP contribution in [0.1, 0.15) is 17.5 Å². The van der Waals surface area contributed by atoms with Crippen LogP contribution >= 0.6 is 11.8 Å². The number of aryl methyl sites for hydroxylation is 2. The fraction of sp³-hybridized carbons (Fsp3) is 0.211. The summed E-state index contributed by atoms with van der Waals surface area (Å²) in [6.45, 7) is 0. The van der Waals surface area contributed by atoms with Gasteiger partial charge in [-0.25, -0.2) is 0 Å². The number of rotatable bonds is 5. The number of nitrogens with one attached hydrogen (secondary N) is 1. The molecule has 4 rings (SSSR count). The summed E-state index contributed by atoms with van der Waals surface area (Å²) < 4.78 is 1.88. The second-order valence-corrected chi connectivity index (χ2v) is 6.94. The largest absolute Gasteiger partial charge is 0.325 e. The quantitative estimate of drug-likeness (QED) is 0.716. The Kier molecular flexibility index (Phi) is 4.52. The number of nitrogens with zero attached hydrogens (tertiary/aromatic N) is 3. The summed E-state index contributed by atoms with van der Waals surface area (Å²) in [4.78, 5) is 12.3. The molecule has 0 bridgehead atoms. The number of para-hydroxylation sites is 1. The van der Waals surface area contributed by atoms with Crippen LogP contribution in [0.15, 0.2) is 60.0 Å². The highest BCUT2D eigenvalue weighted by molar-refractivity contribution is 7.99. The topological polar surface area (TPSA) is 59.8 Å². The molecule has 0 unspecified atom stereocenters. The van der Waals surface area contributed by atoms with Crippen molar-refractivity contribution in [3.8, 4) is 5.69 Å². The summed E-state index contributed by atoms with van der Waals surface area (Å²) in [7, 11) is 0. The summed E-state index contributed by atoms with van der Waals surface area (Å²) in [5.74, 6) is 0.258. The van der Waals surface area contributed by atoms with Crippen molar-refractivity contribution in [2.45, 2.75) is 24.4 Å². The molecule has 2 aromatic carbocycles. The molecule has 5 nitrogen and oxygen atoms in total. The molecule has 1 aliphatic rings. The van der Waals surface area contributed by atoms with Gasteiger partial charge in [-0.15, -0.1) is 10.2 Å². The molecule has 25 heavy (non-hydrogen) atoms. The first-order valence-electron chi connectivity index (χ1n) is 8.29. The molecule has 0 spiro atoms. The van der Waals surface area contributed by atoms with Gasteiger partial charge < -0.3 is 5.32 Å². The lowest BCUT2D eigenvalue weighted by molar-refractivity contribution is -0.113. The number of hydrogen-bond acceptors (Lipinski definition) is 4. The number of benzene rings is 2. The number of fused-ring (bicyclic) bond motifs is 1. The maximum absolute atomic E-state index is 12.3. The number of aromatic nitrogens is 3. The summed E-state index contributed by atoms with van der Waals surface area (Å²) in [6.07, 6.45) is 5.12. The predicted octanol–water partition coefficient (Wildman–Crippen LogP) is 3.49. The van der Waals surface area contributed by atoms with Crippen molar-refractivity contribution in [1.82, 2.24) is 14.8 Å². The molecule has 0 saturated heterocycles. The van der Waals surface area contributed by atoms with Crippen molar-refractivity contribution in [1.29, 1.82) is 0 Å². The van der Waals surface area contributed by atoms with E-state index >= 15 is 0 Å². The van der Waals surface area contributed by atoms with Gasteiger partial charge in [0.25, 0.3) is 0 Å². The standard InChI is InChI=1S/C19H18N4OS/c24-18(21-16-10-9-14-5-4-6-15(14)11-16)12-25-19-22-20-13-23(19)17-7-2-1-3-8-17/h1-3,7-11,13H,4-6,12H2,(H,21,24). The molecule has 1 N–H and O–H groups in total. The molecule has 126 valence electrons. The Bertz CT molecular complexity index is 891. The Balaban J connectivity index is 1.39. The highest BCUT2D eigenvalue weighted by Gasteiger charge is 2.13. The third-order valence-electron chi connectivity index (χ3n) is 4.27. The lowest BCUT2D eigenvalue weighted by atomic mass is 10.1. The summed E-state index contributed by atoms with van der Waals surface area (Å²) in [5, 5.41) is 11.8. The van der Waals surface area contributed by atoms with Gasteiger partial charge in [-0.05, 0) is 54.7 Å². The van der Waals surface area contributed by atoms with Crippen molar-refractivity contribution in [2.24, 2.45) is 0 Å². The Hall–Kier alpha value is -2.60. The molecular formula is C19H18N4OS. The zero-order chi connectivity index (χ0) is 17.1. The molecule has 0 atom stereocenters. The van der Waals surface area contributed by atoms with E-state index in [1.807, 2.05) is 41.0 Å². The zero-order valence-corrected chi connectivity index (χ0v) is 14.5. The lowest BCUT2D eigenvalue weighted by Gasteiger charge is -2.08. The van der Waals surface area contributed by atoms with Gasteiger partial charge in [0.1, 0.15) is 6.33 Å². The van der Waals surface area contributed by atoms with E-state index in [0.717, 1.165) is 24.2 Å². The van der Waals surface area contributed by atoms with E-state index < -0.39 is 0 Å². The highest BCUT2D eigenvalue weighted by Crippen LogP contribution is 2.25. The number of carbonyl (C=O) groups is 1. The molecule has 1 heterocycles. The Morgan fingerprint density at radius 3 is 2.84 bits per heavy atom. The molecule has 3 aromatic rings. The van der Waals surface area contributed by atoms with E-state index in [-0.39, 0.29) is 5.91 Å². The summed E-state index contributed by atoms with van der Waals surface area (Å²) >= 11 is 1.38. The van der Waals surface area contributed by atoms with Crippen molar-refractivity contribution >= 4 is 23.4 Å². The summed E-state index contributed by atoms with van der Waals surface area (Å²) in [6, 6.07) is 16.1. The fourth-order valence-electron chi connectivity index (χ4n) is 3.07.